The van der Waals surface area contributed by atoms with Gasteiger partial charge < -0.3 is 9.67 Å². The SMILES string of the molecule is C=CCCCn1c(O)c(N=O)c2cc(Br)ccc21. The van der Waals surface area contributed by atoms with Crippen molar-refractivity contribution in [2.24, 2.45) is 5.18 Å². The van der Waals surface area contributed by atoms with Crippen molar-refractivity contribution in [3.05, 3.63) is 40.2 Å². The van der Waals surface area contributed by atoms with E-state index in [4.69, 9.17) is 0 Å². The van der Waals surface area contributed by atoms with Gasteiger partial charge in [0, 0.05) is 16.4 Å². The lowest BCUT2D eigenvalue weighted by atomic mass is 10.2. The van der Waals surface area contributed by atoms with Crippen LogP contribution in [0, 0.1) is 4.91 Å². The summed E-state index contributed by atoms with van der Waals surface area (Å²) >= 11 is 3.35. The summed E-state index contributed by atoms with van der Waals surface area (Å²) in [5, 5.41) is 13.6. The predicted molar refractivity (Wildman–Crippen MR) is 76.2 cm³/mol. The Hall–Kier alpha value is -1.62. The van der Waals surface area contributed by atoms with Crippen molar-refractivity contribution in [3.8, 4) is 5.88 Å². The molecule has 1 heterocycles. The third-order valence-corrected chi connectivity index (χ3v) is 3.35. The lowest BCUT2D eigenvalue weighted by molar-refractivity contribution is 0.420. The zero-order valence-corrected chi connectivity index (χ0v) is 11.4. The van der Waals surface area contributed by atoms with E-state index in [9.17, 15) is 10.0 Å². The Morgan fingerprint density at radius 3 is 2.94 bits per heavy atom. The van der Waals surface area contributed by atoms with Crippen LogP contribution in [0.1, 0.15) is 12.8 Å². The standard InChI is InChI=1S/C13H13BrN2O2/c1-2-3-4-7-16-11-6-5-9(14)8-10(11)12(15-18)13(16)17/h2,5-6,8,17H,1,3-4,7H2. The summed E-state index contributed by atoms with van der Waals surface area (Å²) in [4.78, 5) is 10.8. The molecule has 4 nitrogen and oxygen atoms in total. The number of allylic oxidation sites excluding steroid dienone is 1. The van der Waals surface area contributed by atoms with E-state index < -0.39 is 0 Å². The molecule has 2 aromatic rings. The van der Waals surface area contributed by atoms with Crippen molar-refractivity contribution in [3.63, 3.8) is 0 Å². The van der Waals surface area contributed by atoms with Gasteiger partial charge >= 0.3 is 0 Å². The van der Waals surface area contributed by atoms with Gasteiger partial charge in [-0.15, -0.1) is 11.5 Å². The van der Waals surface area contributed by atoms with Crippen LogP contribution in [-0.2, 0) is 6.54 Å². The maximum atomic E-state index is 10.8. The molecule has 1 N–H and O–H groups in total. The van der Waals surface area contributed by atoms with E-state index in [0.29, 0.717) is 11.9 Å². The number of halogens is 1. The highest BCUT2D eigenvalue weighted by molar-refractivity contribution is 9.10. The summed E-state index contributed by atoms with van der Waals surface area (Å²) < 4.78 is 2.56. The number of aromatic nitrogens is 1. The van der Waals surface area contributed by atoms with Crippen molar-refractivity contribution in [2.45, 2.75) is 19.4 Å². The number of nitrogens with zero attached hydrogens (tertiary/aromatic N) is 2. The monoisotopic (exact) mass is 308 g/mol. The molecule has 5 heteroatoms. The molecule has 0 unspecified atom stereocenters. The minimum atomic E-state index is -0.0674. The Bertz CT molecular complexity index is 605. The molecular formula is C13H13BrN2O2. The average Bonchev–Trinajstić information content (AvgIpc) is 2.61. The van der Waals surface area contributed by atoms with E-state index in [2.05, 4.69) is 27.7 Å². The molecule has 0 atom stereocenters. The average molecular weight is 309 g/mol. The molecule has 0 spiro atoms. The number of aromatic hydroxyl groups is 1. The number of rotatable bonds is 5. The van der Waals surface area contributed by atoms with E-state index in [1.54, 1.807) is 10.6 Å². The van der Waals surface area contributed by atoms with Crippen molar-refractivity contribution < 1.29 is 5.11 Å². The van der Waals surface area contributed by atoms with E-state index in [-0.39, 0.29) is 11.6 Å². The maximum absolute atomic E-state index is 10.8. The van der Waals surface area contributed by atoms with Gasteiger partial charge in [0.1, 0.15) is 0 Å². The molecule has 0 aliphatic carbocycles. The first-order valence-electron chi connectivity index (χ1n) is 5.64. The van der Waals surface area contributed by atoms with Crippen LogP contribution in [0.3, 0.4) is 0 Å². The van der Waals surface area contributed by atoms with Crippen LogP contribution in [0.5, 0.6) is 5.88 Å². The number of fused-ring (bicyclic) bond motifs is 1. The molecule has 18 heavy (non-hydrogen) atoms. The van der Waals surface area contributed by atoms with Gasteiger partial charge in [0.25, 0.3) is 0 Å². The van der Waals surface area contributed by atoms with E-state index in [1.165, 1.54) is 0 Å². The third kappa shape index (κ3) is 2.18. The van der Waals surface area contributed by atoms with Gasteiger partial charge in [0.2, 0.25) is 5.88 Å². The molecule has 1 aromatic carbocycles. The largest absolute Gasteiger partial charge is 0.493 e. The van der Waals surface area contributed by atoms with Crippen LogP contribution in [-0.4, -0.2) is 9.67 Å². The fourth-order valence-corrected chi connectivity index (χ4v) is 2.37. The number of hydrogen-bond acceptors (Lipinski definition) is 3. The highest BCUT2D eigenvalue weighted by Crippen LogP contribution is 2.39. The van der Waals surface area contributed by atoms with Gasteiger partial charge in [-0.1, -0.05) is 22.0 Å². The Morgan fingerprint density at radius 2 is 2.28 bits per heavy atom. The first kappa shape index (κ1) is 12.8. The van der Waals surface area contributed by atoms with Crippen LogP contribution in [0.4, 0.5) is 5.69 Å². The molecular weight excluding hydrogens is 296 g/mol. The number of nitroso groups, excluding NO2 is 1. The first-order valence-corrected chi connectivity index (χ1v) is 6.43. The van der Waals surface area contributed by atoms with Gasteiger partial charge in [-0.2, -0.15) is 0 Å². The van der Waals surface area contributed by atoms with E-state index >= 15 is 0 Å². The van der Waals surface area contributed by atoms with Crippen LogP contribution >= 0.6 is 15.9 Å². The first-order chi connectivity index (χ1) is 8.69. The summed E-state index contributed by atoms with van der Waals surface area (Å²) in [6.45, 7) is 4.29. The van der Waals surface area contributed by atoms with Crippen LogP contribution < -0.4 is 0 Å². The molecule has 0 bridgehead atoms. The van der Waals surface area contributed by atoms with E-state index in [0.717, 1.165) is 22.8 Å². The number of aryl methyl sites for hydroxylation is 1. The summed E-state index contributed by atoms with van der Waals surface area (Å²) in [6, 6.07) is 5.53. The highest BCUT2D eigenvalue weighted by Gasteiger charge is 2.17. The Balaban J connectivity index is 2.54. The normalized spacial score (nSPS) is 10.7. The summed E-state index contributed by atoms with van der Waals surface area (Å²) in [5.41, 5.74) is 0.916. The van der Waals surface area contributed by atoms with Crippen LogP contribution in [0.2, 0.25) is 0 Å². The van der Waals surface area contributed by atoms with Gasteiger partial charge in [0.15, 0.2) is 5.69 Å². The molecule has 1 aromatic heterocycles. The second kappa shape index (κ2) is 5.35. The molecule has 0 aliphatic rings. The number of hydrogen-bond donors (Lipinski definition) is 1. The maximum Gasteiger partial charge on any atom is 0.222 e. The lowest BCUT2D eigenvalue weighted by Crippen LogP contribution is -1.96. The van der Waals surface area contributed by atoms with Gasteiger partial charge in [-0.25, -0.2) is 0 Å². The van der Waals surface area contributed by atoms with Gasteiger partial charge in [-0.3, -0.25) is 0 Å². The molecule has 94 valence electrons. The Kier molecular flexibility index (Phi) is 3.81. The molecule has 0 saturated carbocycles. The molecule has 0 saturated heterocycles. The Labute approximate surface area is 113 Å². The zero-order chi connectivity index (χ0) is 13.1. The van der Waals surface area contributed by atoms with Crippen LogP contribution in [0.25, 0.3) is 10.9 Å². The summed E-state index contributed by atoms with van der Waals surface area (Å²) in [5.74, 6) is -0.0674. The lowest BCUT2D eigenvalue weighted by Gasteiger charge is -2.05. The fourth-order valence-electron chi connectivity index (χ4n) is 2.01. The third-order valence-electron chi connectivity index (χ3n) is 2.85. The molecule has 2 rings (SSSR count). The number of benzene rings is 1. The second-order valence-electron chi connectivity index (χ2n) is 4.01. The summed E-state index contributed by atoms with van der Waals surface area (Å²) in [7, 11) is 0. The van der Waals surface area contributed by atoms with Crippen molar-refractivity contribution >= 4 is 32.5 Å². The van der Waals surface area contributed by atoms with Gasteiger partial charge in [0.05, 0.1) is 5.52 Å². The van der Waals surface area contributed by atoms with Gasteiger partial charge in [-0.05, 0) is 36.2 Å². The fraction of sp³-hybridized carbons (Fsp3) is 0.231. The topological polar surface area (TPSA) is 54.6 Å². The van der Waals surface area contributed by atoms with Crippen molar-refractivity contribution in [1.82, 2.24) is 4.57 Å². The highest BCUT2D eigenvalue weighted by atomic mass is 79.9. The quantitative estimate of drug-likeness (QED) is 0.503. The van der Waals surface area contributed by atoms with Crippen molar-refractivity contribution in [2.75, 3.05) is 0 Å². The summed E-state index contributed by atoms with van der Waals surface area (Å²) in [6.07, 6.45) is 3.55. The second-order valence-corrected chi connectivity index (χ2v) is 4.92. The van der Waals surface area contributed by atoms with Crippen molar-refractivity contribution in [1.29, 1.82) is 0 Å². The molecule has 0 aliphatic heterocycles. The predicted octanol–water partition coefficient (Wildman–Crippen LogP) is 4.47. The minimum Gasteiger partial charge on any atom is -0.493 e. The van der Waals surface area contributed by atoms with Crippen LogP contribution in [0.15, 0.2) is 40.5 Å². The number of unbranched alkanes of at least 4 members (excludes halogenated alkanes) is 1. The smallest absolute Gasteiger partial charge is 0.222 e. The molecule has 0 amide bonds. The Morgan fingerprint density at radius 1 is 1.50 bits per heavy atom. The molecule has 0 radical (unpaired) electrons. The van der Waals surface area contributed by atoms with E-state index in [1.807, 2.05) is 18.2 Å². The molecule has 0 fully saturated rings. The minimum absolute atomic E-state index is 0.0674. The zero-order valence-electron chi connectivity index (χ0n) is 9.77.